The average molecular weight is 418 g/mol. The Hall–Kier alpha value is -2.82. The van der Waals surface area contributed by atoms with Crippen molar-refractivity contribution < 1.29 is 18.1 Å². The van der Waals surface area contributed by atoms with Gasteiger partial charge in [-0.1, -0.05) is 31.2 Å². The van der Waals surface area contributed by atoms with Gasteiger partial charge in [0.05, 0.1) is 30.0 Å². The molecular weight excluding hydrogens is 396 g/mol. The second-order valence-electron chi connectivity index (χ2n) is 6.42. The number of rotatable bonds is 7. The molecule has 1 N–H and O–H groups in total. The number of hydrogen-bond donors (Lipinski definition) is 1. The molecule has 2 aromatic carbocycles. The number of nitro groups is 1. The number of benzene rings is 2. The van der Waals surface area contributed by atoms with Crippen LogP contribution in [0, 0.1) is 10.1 Å². The van der Waals surface area contributed by atoms with E-state index in [1.165, 1.54) is 22.0 Å². The maximum atomic E-state index is 13.0. The molecule has 0 atom stereocenters. The molecule has 1 aliphatic heterocycles. The minimum absolute atomic E-state index is 0.170. The highest BCUT2D eigenvalue weighted by Gasteiger charge is 2.30. The van der Waals surface area contributed by atoms with Crippen molar-refractivity contribution >= 4 is 27.6 Å². The molecule has 3 rings (SSSR count). The predicted molar refractivity (Wildman–Crippen MR) is 110 cm³/mol. The highest BCUT2D eigenvalue weighted by Crippen LogP contribution is 2.29. The molecule has 154 valence electrons. The van der Waals surface area contributed by atoms with Gasteiger partial charge in [-0.05, 0) is 23.6 Å². The molecule has 0 saturated carbocycles. The van der Waals surface area contributed by atoms with Crippen LogP contribution >= 0.6 is 0 Å². The zero-order chi connectivity index (χ0) is 20.9. The summed E-state index contributed by atoms with van der Waals surface area (Å²) in [6, 6.07) is 11.4. The third kappa shape index (κ3) is 4.97. The van der Waals surface area contributed by atoms with Crippen LogP contribution in [0.5, 0.6) is 0 Å². The minimum Gasteiger partial charge on any atom is -0.379 e. The van der Waals surface area contributed by atoms with Gasteiger partial charge in [-0.15, -0.1) is 0 Å². The van der Waals surface area contributed by atoms with E-state index in [2.05, 4.69) is 17.5 Å². The molecule has 0 unspecified atom stereocenters. The predicted octanol–water partition coefficient (Wildman–Crippen LogP) is 2.62. The van der Waals surface area contributed by atoms with Crippen LogP contribution in [-0.2, 0) is 21.2 Å². The maximum Gasteiger partial charge on any atom is 0.270 e. The first-order chi connectivity index (χ1) is 13.9. The summed E-state index contributed by atoms with van der Waals surface area (Å²) in [4.78, 5) is 10.3. The lowest BCUT2D eigenvalue weighted by molar-refractivity contribution is -0.385. The van der Waals surface area contributed by atoms with Gasteiger partial charge < -0.3 is 4.74 Å². The first-order valence-electron chi connectivity index (χ1n) is 9.16. The zero-order valence-corrected chi connectivity index (χ0v) is 16.8. The second-order valence-corrected chi connectivity index (χ2v) is 8.33. The summed E-state index contributed by atoms with van der Waals surface area (Å²) in [6.07, 6.45) is 2.49. The van der Waals surface area contributed by atoms with Gasteiger partial charge in [0, 0.05) is 25.2 Å². The number of non-ortho nitro benzene ring substituents is 1. The van der Waals surface area contributed by atoms with Gasteiger partial charge in [0.25, 0.3) is 5.69 Å². The number of nitrogens with one attached hydrogen (secondary N) is 1. The van der Waals surface area contributed by atoms with E-state index in [1.54, 1.807) is 6.21 Å². The second kappa shape index (κ2) is 9.12. The number of aryl methyl sites for hydroxylation is 1. The molecule has 1 fully saturated rings. The zero-order valence-electron chi connectivity index (χ0n) is 15.9. The molecule has 1 aliphatic rings. The van der Waals surface area contributed by atoms with E-state index in [4.69, 9.17) is 4.74 Å². The van der Waals surface area contributed by atoms with Crippen molar-refractivity contribution in [2.45, 2.75) is 18.2 Å². The lowest BCUT2D eigenvalue weighted by Gasteiger charge is -2.26. The van der Waals surface area contributed by atoms with Crippen molar-refractivity contribution in [3.63, 3.8) is 0 Å². The van der Waals surface area contributed by atoms with Gasteiger partial charge >= 0.3 is 0 Å². The molecule has 0 bridgehead atoms. The summed E-state index contributed by atoms with van der Waals surface area (Å²) in [5.41, 5.74) is 4.62. The Labute approximate surface area is 169 Å². The van der Waals surface area contributed by atoms with Gasteiger partial charge in [-0.25, -0.2) is 8.42 Å². The Balaban J connectivity index is 1.89. The van der Waals surface area contributed by atoms with E-state index in [1.807, 2.05) is 24.3 Å². The average Bonchev–Trinajstić information content (AvgIpc) is 2.75. The van der Waals surface area contributed by atoms with Gasteiger partial charge in [0.2, 0.25) is 10.0 Å². The van der Waals surface area contributed by atoms with E-state index < -0.39 is 14.9 Å². The highest BCUT2D eigenvalue weighted by molar-refractivity contribution is 7.89. The molecule has 2 aromatic rings. The van der Waals surface area contributed by atoms with Crippen molar-refractivity contribution in [2.75, 3.05) is 31.7 Å². The molecule has 29 heavy (non-hydrogen) atoms. The topological polar surface area (TPSA) is 114 Å². The van der Waals surface area contributed by atoms with E-state index >= 15 is 0 Å². The molecule has 10 heteroatoms. The Bertz CT molecular complexity index is 1000. The van der Waals surface area contributed by atoms with Crippen LogP contribution in [-0.4, -0.2) is 50.2 Å². The molecule has 0 aliphatic carbocycles. The van der Waals surface area contributed by atoms with Crippen molar-refractivity contribution in [1.29, 1.82) is 0 Å². The highest BCUT2D eigenvalue weighted by atomic mass is 32.2. The molecule has 9 nitrogen and oxygen atoms in total. The molecule has 0 amide bonds. The first-order valence-corrected chi connectivity index (χ1v) is 10.6. The summed E-state index contributed by atoms with van der Waals surface area (Å²) < 4.78 is 32.5. The van der Waals surface area contributed by atoms with Crippen molar-refractivity contribution in [2.24, 2.45) is 5.10 Å². The van der Waals surface area contributed by atoms with E-state index in [-0.39, 0.29) is 42.6 Å². The van der Waals surface area contributed by atoms with Crippen LogP contribution in [0.1, 0.15) is 18.1 Å². The summed E-state index contributed by atoms with van der Waals surface area (Å²) in [5.74, 6) is 0. The fourth-order valence-corrected chi connectivity index (χ4v) is 4.44. The standard InChI is InChI=1S/C19H22N4O5S/c1-2-15-3-5-16(6-4-15)14-20-21-18-8-7-17(23(24)25)13-19(18)29(26,27)22-9-11-28-12-10-22/h3-8,13-14,21H,2,9-12H2,1H3/b20-14+. The SMILES string of the molecule is CCc1ccc(/C=N/Nc2ccc([N+](=O)[O-])cc2S(=O)(=O)N2CCOCC2)cc1. The number of hydrogen-bond acceptors (Lipinski definition) is 7. The molecule has 1 saturated heterocycles. The number of anilines is 1. The van der Waals surface area contributed by atoms with Gasteiger partial charge in [-0.2, -0.15) is 9.41 Å². The number of nitro benzene ring substituents is 1. The Morgan fingerprint density at radius 2 is 1.90 bits per heavy atom. The Morgan fingerprint density at radius 1 is 1.21 bits per heavy atom. The normalized spacial score (nSPS) is 15.5. The number of ether oxygens (including phenoxy) is 1. The molecular formula is C19H22N4O5S. The van der Waals surface area contributed by atoms with Crippen LogP contribution < -0.4 is 5.43 Å². The summed E-state index contributed by atoms with van der Waals surface area (Å²) in [6.45, 7) is 3.01. The molecule has 0 aromatic heterocycles. The fraction of sp³-hybridized carbons (Fsp3) is 0.316. The number of hydrazone groups is 1. The lowest BCUT2D eigenvalue weighted by atomic mass is 10.1. The smallest absolute Gasteiger partial charge is 0.270 e. The Morgan fingerprint density at radius 3 is 2.52 bits per heavy atom. The molecule has 1 heterocycles. The maximum absolute atomic E-state index is 13.0. The first kappa shape index (κ1) is 20.9. The van der Waals surface area contributed by atoms with E-state index in [9.17, 15) is 18.5 Å². The molecule has 0 radical (unpaired) electrons. The van der Waals surface area contributed by atoms with Gasteiger partial charge in [0.15, 0.2) is 0 Å². The third-order valence-electron chi connectivity index (χ3n) is 4.55. The van der Waals surface area contributed by atoms with Crippen molar-refractivity contribution in [1.82, 2.24) is 4.31 Å². The number of morpholine rings is 1. The monoisotopic (exact) mass is 418 g/mol. The van der Waals surface area contributed by atoms with Gasteiger partial charge in [0.1, 0.15) is 4.90 Å². The van der Waals surface area contributed by atoms with Crippen LogP contribution in [0.3, 0.4) is 0 Å². The number of sulfonamides is 1. The summed E-state index contributed by atoms with van der Waals surface area (Å²) in [7, 11) is -3.94. The minimum atomic E-state index is -3.94. The van der Waals surface area contributed by atoms with Crippen LogP contribution in [0.4, 0.5) is 11.4 Å². The van der Waals surface area contributed by atoms with Crippen LogP contribution in [0.25, 0.3) is 0 Å². The van der Waals surface area contributed by atoms with E-state index in [0.717, 1.165) is 18.1 Å². The van der Waals surface area contributed by atoms with Crippen LogP contribution in [0.15, 0.2) is 52.5 Å². The van der Waals surface area contributed by atoms with Crippen molar-refractivity contribution in [3.8, 4) is 0 Å². The quantitative estimate of drug-likeness (QED) is 0.420. The Kier molecular flexibility index (Phi) is 6.57. The lowest BCUT2D eigenvalue weighted by Crippen LogP contribution is -2.40. The van der Waals surface area contributed by atoms with Gasteiger partial charge in [-0.3, -0.25) is 15.5 Å². The fourth-order valence-electron chi connectivity index (χ4n) is 2.87. The number of nitrogens with zero attached hydrogens (tertiary/aromatic N) is 3. The third-order valence-corrected chi connectivity index (χ3v) is 6.49. The summed E-state index contributed by atoms with van der Waals surface area (Å²) >= 11 is 0. The molecule has 0 spiro atoms. The van der Waals surface area contributed by atoms with E-state index in [0.29, 0.717) is 0 Å². The van der Waals surface area contributed by atoms with Crippen molar-refractivity contribution in [3.05, 3.63) is 63.7 Å². The van der Waals surface area contributed by atoms with Crippen LogP contribution in [0.2, 0.25) is 0 Å². The summed E-state index contributed by atoms with van der Waals surface area (Å²) in [5, 5.41) is 15.3. The largest absolute Gasteiger partial charge is 0.379 e.